The fraction of sp³-hybridized carbons (Fsp3) is 0.304. The molecule has 1 aliphatic rings. The van der Waals surface area contributed by atoms with E-state index in [1.54, 1.807) is 24.3 Å². The number of rotatable bonds is 9. The maximum absolute atomic E-state index is 11.9. The lowest BCUT2D eigenvalue weighted by molar-refractivity contribution is -0.139. The Kier molecular flexibility index (Phi) is 8.76. The largest absolute Gasteiger partial charge is 0.484 e. The molecule has 1 aliphatic heterocycles. The number of nitrogens with one attached hydrogen (secondary N) is 3. The van der Waals surface area contributed by atoms with Crippen molar-refractivity contribution in [1.82, 2.24) is 16.1 Å². The van der Waals surface area contributed by atoms with E-state index in [0.717, 1.165) is 18.4 Å². The van der Waals surface area contributed by atoms with Gasteiger partial charge in [0.1, 0.15) is 5.75 Å². The lowest BCUT2D eigenvalue weighted by Gasteiger charge is -2.09. The minimum atomic E-state index is -0.847. The number of hydrogen-bond acceptors (Lipinski definition) is 6. The van der Waals surface area contributed by atoms with E-state index in [9.17, 15) is 14.4 Å². The lowest BCUT2D eigenvalue weighted by atomic mass is 10.2. The first-order valence-electron chi connectivity index (χ1n) is 10.4. The number of ether oxygens (including phenoxy) is 2. The maximum atomic E-state index is 11.9. The van der Waals surface area contributed by atoms with Gasteiger partial charge in [0.05, 0.1) is 12.3 Å². The maximum Gasteiger partial charge on any atom is 0.329 e. The van der Waals surface area contributed by atoms with Crippen LogP contribution in [0.15, 0.2) is 59.7 Å². The number of carbonyl (C=O) groups is 3. The molecule has 1 saturated heterocycles. The van der Waals surface area contributed by atoms with Crippen LogP contribution in [0.3, 0.4) is 0 Å². The number of nitrogens with zero attached hydrogens (tertiary/aromatic N) is 1. The van der Waals surface area contributed by atoms with Gasteiger partial charge in [0.15, 0.2) is 6.61 Å². The van der Waals surface area contributed by atoms with Crippen LogP contribution in [0, 0.1) is 0 Å². The molecule has 3 N–H and O–H groups in total. The summed E-state index contributed by atoms with van der Waals surface area (Å²) in [5, 5.41) is 9.09. The smallest absolute Gasteiger partial charge is 0.329 e. The monoisotopic (exact) mass is 438 g/mol. The Morgan fingerprint density at radius 2 is 1.81 bits per heavy atom. The molecule has 9 nitrogen and oxygen atoms in total. The molecule has 3 amide bonds. The fourth-order valence-electron chi connectivity index (χ4n) is 2.95. The first-order chi connectivity index (χ1) is 15.6. The highest BCUT2D eigenvalue weighted by atomic mass is 16.5. The van der Waals surface area contributed by atoms with Gasteiger partial charge in [-0.1, -0.05) is 30.3 Å². The van der Waals surface area contributed by atoms with E-state index in [0.29, 0.717) is 31.0 Å². The molecule has 1 fully saturated rings. The van der Waals surface area contributed by atoms with E-state index >= 15 is 0 Å². The van der Waals surface area contributed by atoms with E-state index < -0.39 is 11.8 Å². The quantitative estimate of drug-likeness (QED) is 0.308. The Balaban J connectivity index is 1.34. The number of hydrazone groups is 1. The van der Waals surface area contributed by atoms with Crippen LogP contribution in [0.2, 0.25) is 0 Å². The molecule has 0 saturated carbocycles. The molecule has 0 aliphatic carbocycles. The van der Waals surface area contributed by atoms with Gasteiger partial charge in [-0.2, -0.15) is 5.10 Å². The minimum Gasteiger partial charge on any atom is -0.484 e. The predicted molar refractivity (Wildman–Crippen MR) is 118 cm³/mol. The van der Waals surface area contributed by atoms with Gasteiger partial charge >= 0.3 is 11.8 Å². The molecule has 32 heavy (non-hydrogen) atoms. The highest BCUT2D eigenvalue weighted by Gasteiger charge is 2.18. The van der Waals surface area contributed by atoms with E-state index in [-0.39, 0.29) is 18.6 Å². The highest BCUT2D eigenvalue weighted by molar-refractivity contribution is 6.35. The molecular weight excluding hydrogens is 412 g/mol. The van der Waals surface area contributed by atoms with Crippen LogP contribution < -0.4 is 20.8 Å². The molecule has 0 aromatic heterocycles. The molecule has 2 aromatic rings. The SMILES string of the molecule is O=C(COc1ccc(/C=N\NC(=O)C(=O)NC[C@H]2CCCO2)cc1)NCc1ccccc1. The lowest BCUT2D eigenvalue weighted by Crippen LogP contribution is -2.41. The van der Waals surface area contributed by atoms with Gasteiger partial charge < -0.3 is 20.1 Å². The van der Waals surface area contributed by atoms with Crippen molar-refractivity contribution in [2.45, 2.75) is 25.5 Å². The van der Waals surface area contributed by atoms with Crippen molar-refractivity contribution < 1.29 is 23.9 Å². The summed E-state index contributed by atoms with van der Waals surface area (Å²) in [7, 11) is 0. The molecule has 168 valence electrons. The summed E-state index contributed by atoms with van der Waals surface area (Å²) in [5.74, 6) is -1.30. The topological polar surface area (TPSA) is 118 Å². The zero-order valence-corrected chi connectivity index (χ0v) is 17.6. The number of amides is 3. The Hall–Kier alpha value is -3.72. The summed E-state index contributed by atoms with van der Waals surface area (Å²) in [6.45, 7) is 1.33. The van der Waals surface area contributed by atoms with E-state index in [4.69, 9.17) is 9.47 Å². The predicted octanol–water partition coefficient (Wildman–Crippen LogP) is 1.13. The van der Waals surface area contributed by atoms with Gasteiger partial charge in [-0.25, -0.2) is 5.43 Å². The Morgan fingerprint density at radius 3 is 2.53 bits per heavy atom. The van der Waals surface area contributed by atoms with Crippen LogP contribution in [0.5, 0.6) is 5.75 Å². The van der Waals surface area contributed by atoms with Crippen molar-refractivity contribution in [2.24, 2.45) is 5.10 Å². The first-order valence-corrected chi connectivity index (χ1v) is 10.4. The van der Waals surface area contributed by atoms with Crippen LogP contribution in [0.1, 0.15) is 24.0 Å². The van der Waals surface area contributed by atoms with E-state index in [2.05, 4.69) is 21.2 Å². The van der Waals surface area contributed by atoms with Crippen molar-refractivity contribution in [1.29, 1.82) is 0 Å². The second kappa shape index (κ2) is 12.2. The van der Waals surface area contributed by atoms with Crippen molar-refractivity contribution in [3.05, 3.63) is 65.7 Å². The molecule has 0 spiro atoms. The summed E-state index contributed by atoms with van der Waals surface area (Å²) in [5.41, 5.74) is 3.88. The van der Waals surface area contributed by atoms with Crippen LogP contribution in [-0.4, -0.2) is 49.8 Å². The standard InChI is InChI=1S/C23H26N4O5/c28-21(24-13-17-5-2-1-3-6-17)16-32-19-10-8-18(9-11-19)14-26-27-23(30)22(29)25-15-20-7-4-12-31-20/h1-3,5-6,8-11,14,20H,4,7,12-13,15-16H2,(H,24,28)(H,25,29)(H,27,30)/b26-14-/t20-/m1/s1. The summed E-state index contributed by atoms with van der Waals surface area (Å²) in [6.07, 6.45) is 3.20. The molecule has 2 aromatic carbocycles. The average molecular weight is 438 g/mol. The van der Waals surface area contributed by atoms with Gasteiger partial charge in [-0.05, 0) is 48.2 Å². The first kappa shape index (κ1) is 23.0. The normalized spacial score (nSPS) is 15.3. The van der Waals surface area contributed by atoms with Gasteiger partial charge in [-0.3, -0.25) is 14.4 Å². The van der Waals surface area contributed by atoms with E-state index in [1.807, 2.05) is 30.3 Å². The number of hydrogen-bond donors (Lipinski definition) is 3. The third-order valence-electron chi connectivity index (χ3n) is 4.68. The molecule has 9 heteroatoms. The Bertz CT molecular complexity index is 925. The Labute approximate surface area is 186 Å². The molecule has 0 bridgehead atoms. The van der Waals surface area contributed by atoms with Crippen molar-refractivity contribution >= 4 is 23.9 Å². The second-order valence-electron chi connectivity index (χ2n) is 7.16. The summed E-state index contributed by atoms with van der Waals surface area (Å²) in [4.78, 5) is 35.4. The zero-order chi connectivity index (χ0) is 22.6. The molecular formula is C23H26N4O5. The second-order valence-corrected chi connectivity index (χ2v) is 7.16. The minimum absolute atomic E-state index is 0.0362. The van der Waals surface area contributed by atoms with Gasteiger partial charge in [0.25, 0.3) is 5.91 Å². The highest BCUT2D eigenvalue weighted by Crippen LogP contribution is 2.11. The van der Waals surface area contributed by atoms with Crippen LogP contribution in [-0.2, 0) is 25.7 Å². The van der Waals surface area contributed by atoms with Crippen LogP contribution >= 0.6 is 0 Å². The zero-order valence-electron chi connectivity index (χ0n) is 17.6. The van der Waals surface area contributed by atoms with Crippen molar-refractivity contribution in [2.75, 3.05) is 19.8 Å². The number of benzene rings is 2. The average Bonchev–Trinajstić information content (AvgIpc) is 3.35. The number of carbonyl (C=O) groups excluding carboxylic acids is 3. The molecule has 0 unspecified atom stereocenters. The van der Waals surface area contributed by atoms with E-state index in [1.165, 1.54) is 6.21 Å². The van der Waals surface area contributed by atoms with Gasteiger partial charge in [0, 0.05) is 19.7 Å². The van der Waals surface area contributed by atoms with Crippen molar-refractivity contribution in [3.63, 3.8) is 0 Å². The van der Waals surface area contributed by atoms with Gasteiger partial charge in [-0.15, -0.1) is 0 Å². The van der Waals surface area contributed by atoms with Crippen molar-refractivity contribution in [3.8, 4) is 5.75 Å². The summed E-state index contributed by atoms with van der Waals surface area (Å²) >= 11 is 0. The summed E-state index contributed by atoms with van der Waals surface area (Å²) in [6, 6.07) is 16.4. The molecule has 1 heterocycles. The van der Waals surface area contributed by atoms with Gasteiger partial charge in [0.2, 0.25) is 0 Å². The third kappa shape index (κ3) is 7.84. The van der Waals surface area contributed by atoms with Crippen LogP contribution in [0.4, 0.5) is 0 Å². The third-order valence-corrected chi connectivity index (χ3v) is 4.68. The fourth-order valence-corrected chi connectivity index (χ4v) is 2.95. The summed E-state index contributed by atoms with van der Waals surface area (Å²) < 4.78 is 10.8. The Morgan fingerprint density at radius 1 is 1.03 bits per heavy atom. The molecule has 1 atom stereocenters. The van der Waals surface area contributed by atoms with Crippen LogP contribution in [0.25, 0.3) is 0 Å². The molecule has 3 rings (SSSR count). The molecule has 0 radical (unpaired) electrons.